The van der Waals surface area contributed by atoms with Gasteiger partial charge in [-0.3, -0.25) is 4.79 Å². The van der Waals surface area contributed by atoms with E-state index in [1.807, 2.05) is 24.3 Å². The molecular formula is C16H24N2O2. The van der Waals surface area contributed by atoms with Crippen LogP contribution in [0.25, 0.3) is 0 Å². The van der Waals surface area contributed by atoms with Gasteiger partial charge in [0.25, 0.3) is 0 Å². The summed E-state index contributed by atoms with van der Waals surface area (Å²) < 4.78 is 5.11. The minimum atomic E-state index is 0.0502. The number of carbonyl (C=O) groups excluding carboxylic acids is 1. The van der Waals surface area contributed by atoms with Crippen molar-refractivity contribution in [3.63, 3.8) is 0 Å². The van der Waals surface area contributed by atoms with Crippen LogP contribution in [0.3, 0.4) is 0 Å². The number of hydrogen-bond donors (Lipinski definition) is 2. The normalized spacial score (nSPS) is 22.5. The van der Waals surface area contributed by atoms with Crippen molar-refractivity contribution in [1.82, 2.24) is 0 Å². The highest BCUT2D eigenvalue weighted by molar-refractivity contribution is 5.93. The lowest BCUT2D eigenvalue weighted by Crippen LogP contribution is -2.34. The number of rotatable bonds is 5. The van der Waals surface area contributed by atoms with E-state index in [-0.39, 0.29) is 17.9 Å². The minimum absolute atomic E-state index is 0.0502. The van der Waals surface area contributed by atoms with Gasteiger partial charge >= 0.3 is 0 Å². The van der Waals surface area contributed by atoms with Crippen molar-refractivity contribution < 1.29 is 9.53 Å². The fourth-order valence-electron chi connectivity index (χ4n) is 2.77. The zero-order valence-corrected chi connectivity index (χ0v) is 12.1. The van der Waals surface area contributed by atoms with E-state index < -0.39 is 0 Å². The number of benzene rings is 1. The van der Waals surface area contributed by atoms with Crippen molar-refractivity contribution >= 4 is 11.6 Å². The molecule has 0 heterocycles. The molecule has 0 aromatic heterocycles. The van der Waals surface area contributed by atoms with Gasteiger partial charge < -0.3 is 15.8 Å². The molecule has 1 aromatic rings. The first kappa shape index (κ1) is 15.0. The number of anilines is 1. The van der Waals surface area contributed by atoms with Crippen LogP contribution in [0, 0.1) is 5.92 Å². The van der Waals surface area contributed by atoms with Crippen molar-refractivity contribution in [3.05, 3.63) is 29.8 Å². The van der Waals surface area contributed by atoms with Gasteiger partial charge in [-0.25, -0.2) is 0 Å². The molecule has 2 rings (SSSR count). The largest absolute Gasteiger partial charge is 0.384 e. The van der Waals surface area contributed by atoms with E-state index >= 15 is 0 Å². The average molecular weight is 276 g/mol. The van der Waals surface area contributed by atoms with Gasteiger partial charge in [-0.15, -0.1) is 0 Å². The summed E-state index contributed by atoms with van der Waals surface area (Å²) in [5.74, 6) is 0.152. The lowest BCUT2D eigenvalue weighted by molar-refractivity contribution is -0.120. The third-order valence-electron chi connectivity index (χ3n) is 3.94. The maximum Gasteiger partial charge on any atom is 0.227 e. The summed E-state index contributed by atoms with van der Waals surface area (Å²) in [5, 5.41) is 3.06. The van der Waals surface area contributed by atoms with Gasteiger partial charge in [-0.05, 0) is 37.3 Å². The quantitative estimate of drug-likeness (QED) is 0.867. The topological polar surface area (TPSA) is 64.3 Å². The van der Waals surface area contributed by atoms with Crippen molar-refractivity contribution in [2.24, 2.45) is 11.7 Å². The molecule has 2 unspecified atom stereocenters. The van der Waals surface area contributed by atoms with Crippen molar-refractivity contribution in [2.75, 3.05) is 19.0 Å². The second-order valence-electron chi connectivity index (χ2n) is 5.51. The lowest BCUT2D eigenvalue weighted by Gasteiger charge is -2.26. The standard InChI is InChI=1S/C16H24N2O2/c1-20-10-9-12-5-2-3-8-15(12)18-16(19)13-6-4-7-14(17)11-13/h2-3,5,8,13-14H,4,6-7,9-11,17H2,1H3,(H,18,19). The molecular weight excluding hydrogens is 252 g/mol. The molecule has 3 N–H and O–H groups in total. The number of para-hydroxylation sites is 1. The highest BCUT2D eigenvalue weighted by atomic mass is 16.5. The Bertz CT molecular complexity index is 448. The highest BCUT2D eigenvalue weighted by Gasteiger charge is 2.25. The molecule has 1 fully saturated rings. The maximum absolute atomic E-state index is 12.3. The van der Waals surface area contributed by atoms with Gasteiger partial charge in [0.15, 0.2) is 0 Å². The molecule has 2 atom stereocenters. The summed E-state index contributed by atoms with van der Waals surface area (Å²) in [7, 11) is 1.69. The van der Waals surface area contributed by atoms with Gasteiger partial charge in [0.1, 0.15) is 0 Å². The predicted molar refractivity (Wildman–Crippen MR) is 80.6 cm³/mol. The predicted octanol–water partition coefficient (Wildman–Crippen LogP) is 2.33. The third kappa shape index (κ3) is 4.05. The summed E-state index contributed by atoms with van der Waals surface area (Å²) in [6, 6.07) is 8.08. The van der Waals surface area contributed by atoms with Crippen LogP contribution in [0.1, 0.15) is 31.2 Å². The number of nitrogens with two attached hydrogens (primary N) is 1. The number of methoxy groups -OCH3 is 1. The minimum Gasteiger partial charge on any atom is -0.384 e. The molecule has 1 aromatic carbocycles. The first-order chi connectivity index (χ1) is 9.70. The van der Waals surface area contributed by atoms with Gasteiger partial charge in [0.2, 0.25) is 5.91 Å². The van der Waals surface area contributed by atoms with Crippen molar-refractivity contribution in [2.45, 2.75) is 38.1 Å². The number of nitrogens with one attached hydrogen (secondary N) is 1. The molecule has 4 nitrogen and oxygen atoms in total. The van der Waals surface area contributed by atoms with Gasteiger partial charge in [0, 0.05) is 24.8 Å². The number of carbonyl (C=O) groups is 1. The molecule has 0 aliphatic heterocycles. The lowest BCUT2D eigenvalue weighted by atomic mass is 9.85. The Kier molecular flexibility index (Phi) is 5.56. The summed E-state index contributed by atoms with van der Waals surface area (Å²) in [6.45, 7) is 0.654. The van der Waals surface area contributed by atoms with Crippen LogP contribution < -0.4 is 11.1 Å². The Morgan fingerprint density at radius 1 is 1.40 bits per heavy atom. The second-order valence-corrected chi connectivity index (χ2v) is 5.51. The van der Waals surface area contributed by atoms with Crippen LogP contribution in [0.4, 0.5) is 5.69 Å². The Hall–Kier alpha value is -1.39. The Labute approximate surface area is 120 Å². The number of ether oxygens (including phenoxy) is 1. The average Bonchev–Trinajstić information content (AvgIpc) is 2.46. The molecule has 1 aliphatic rings. The fourth-order valence-corrected chi connectivity index (χ4v) is 2.77. The van der Waals surface area contributed by atoms with Crippen LogP contribution in [-0.2, 0) is 16.0 Å². The van der Waals surface area contributed by atoms with E-state index in [9.17, 15) is 4.79 Å². The molecule has 20 heavy (non-hydrogen) atoms. The van der Waals surface area contributed by atoms with Gasteiger partial charge in [0.05, 0.1) is 6.61 Å². The summed E-state index contributed by atoms with van der Waals surface area (Å²) in [5.41, 5.74) is 7.97. The first-order valence-electron chi connectivity index (χ1n) is 7.34. The highest BCUT2D eigenvalue weighted by Crippen LogP contribution is 2.25. The SMILES string of the molecule is COCCc1ccccc1NC(=O)C1CCCC(N)C1. The molecule has 0 bridgehead atoms. The Morgan fingerprint density at radius 3 is 2.95 bits per heavy atom. The number of amides is 1. The molecule has 0 radical (unpaired) electrons. The van der Waals surface area contributed by atoms with E-state index in [0.717, 1.165) is 43.4 Å². The second kappa shape index (κ2) is 7.41. The van der Waals surface area contributed by atoms with Crippen LogP contribution in [-0.4, -0.2) is 25.7 Å². The zero-order valence-electron chi connectivity index (χ0n) is 12.1. The van der Waals surface area contributed by atoms with Crippen molar-refractivity contribution in [3.8, 4) is 0 Å². The molecule has 110 valence electrons. The van der Waals surface area contributed by atoms with E-state index in [1.54, 1.807) is 7.11 Å². The van der Waals surface area contributed by atoms with E-state index in [1.165, 1.54) is 0 Å². The van der Waals surface area contributed by atoms with E-state index in [2.05, 4.69) is 5.32 Å². The summed E-state index contributed by atoms with van der Waals surface area (Å²) >= 11 is 0. The van der Waals surface area contributed by atoms with Crippen LogP contribution >= 0.6 is 0 Å². The van der Waals surface area contributed by atoms with Gasteiger partial charge in [-0.2, -0.15) is 0 Å². The molecule has 1 aliphatic carbocycles. The Morgan fingerprint density at radius 2 is 2.20 bits per heavy atom. The third-order valence-corrected chi connectivity index (χ3v) is 3.94. The van der Waals surface area contributed by atoms with Crippen LogP contribution in [0.2, 0.25) is 0 Å². The summed E-state index contributed by atoms with van der Waals surface area (Å²) in [4.78, 5) is 12.3. The first-order valence-corrected chi connectivity index (χ1v) is 7.34. The maximum atomic E-state index is 12.3. The monoisotopic (exact) mass is 276 g/mol. The summed E-state index contributed by atoms with van der Waals surface area (Å²) in [6.07, 6.45) is 4.63. The molecule has 4 heteroatoms. The van der Waals surface area contributed by atoms with E-state index in [4.69, 9.17) is 10.5 Å². The smallest absolute Gasteiger partial charge is 0.227 e. The van der Waals surface area contributed by atoms with Crippen molar-refractivity contribution in [1.29, 1.82) is 0 Å². The molecule has 0 spiro atoms. The Balaban J connectivity index is 1.99. The number of hydrogen-bond acceptors (Lipinski definition) is 3. The molecule has 0 saturated heterocycles. The van der Waals surface area contributed by atoms with Crippen LogP contribution in [0.5, 0.6) is 0 Å². The zero-order chi connectivity index (χ0) is 14.4. The van der Waals surface area contributed by atoms with Gasteiger partial charge in [-0.1, -0.05) is 24.6 Å². The van der Waals surface area contributed by atoms with Crippen LogP contribution in [0.15, 0.2) is 24.3 Å². The molecule has 1 saturated carbocycles. The fraction of sp³-hybridized carbons (Fsp3) is 0.562. The van der Waals surface area contributed by atoms with E-state index in [0.29, 0.717) is 6.61 Å². The molecule has 1 amide bonds.